The number of ether oxygens (including phenoxy) is 1. The molecule has 1 aromatic heterocycles. The standard InChI is InChI=1S/C32H33Cl2FN6O2S/c1-18-14-30(32(3,4)21-8-13-29(44(36)42)25(34)16-21)41(22-9-11-26(35)28(17-22)43-5)27(19(18)2)12-7-20-6-10-24(33)23(15-20)31-37-39-40-38-31/h6,8-11,13-18H,7,12,36H2,1-5H3,(H,37,38,39,40). The third kappa shape index (κ3) is 6.17. The first-order valence-corrected chi connectivity index (χ1v) is 15.9. The largest absolute Gasteiger partial charge is 0.494 e. The number of aromatic amines is 1. The minimum atomic E-state index is -1.71. The van der Waals surface area contributed by atoms with Crippen LogP contribution in [0.15, 0.2) is 82.5 Å². The Balaban J connectivity index is 1.59. The van der Waals surface area contributed by atoms with E-state index in [1.54, 1.807) is 18.2 Å². The van der Waals surface area contributed by atoms with Crippen molar-refractivity contribution in [3.63, 3.8) is 0 Å². The van der Waals surface area contributed by atoms with E-state index < -0.39 is 22.2 Å². The highest BCUT2D eigenvalue weighted by Gasteiger charge is 2.36. The number of aromatic nitrogens is 4. The Morgan fingerprint density at radius 2 is 1.86 bits per heavy atom. The number of halogens is 3. The van der Waals surface area contributed by atoms with E-state index in [1.165, 1.54) is 18.7 Å². The molecule has 2 unspecified atom stereocenters. The highest BCUT2D eigenvalue weighted by Crippen LogP contribution is 2.46. The lowest BCUT2D eigenvalue weighted by atomic mass is 9.76. The van der Waals surface area contributed by atoms with Crippen molar-refractivity contribution in [3.05, 3.63) is 105 Å². The van der Waals surface area contributed by atoms with Crippen molar-refractivity contribution in [1.29, 1.82) is 0 Å². The van der Waals surface area contributed by atoms with Crippen LogP contribution >= 0.6 is 23.2 Å². The van der Waals surface area contributed by atoms with E-state index in [9.17, 15) is 8.60 Å². The Morgan fingerprint density at radius 3 is 2.52 bits per heavy atom. The number of rotatable bonds is 9. The van der Waals surface area contributed by atoms with Crippen LogP contribution in [0.2, 0.25) is 10.0 Å². The van der Waals surface area contributed by atoms with Gasteiger partial charge in [-0.25, -0.2) is 13.7 Å². The third-order valence-corrected chi connectivity index (χ3v) is 9.77. The maximum Gasteiger partial charge on any atom is 0.206 e. The molecule has 4 aromatic rings. The van der Waals surface area contributed by atoms with Crippen molar-refractivity contribution >= 4 is 39.9 Å². The molecule has 0 bridgehead atoms. The fraction of sp³-hybridized carbons (Fsp3) is 0.281. The molecule has 2 heterocycles. The average molecular weight is 656 g/mol. The van der Waals surface area contributed by atoms with Gasteiger partial charge in [0.2, 0.25) is 5.82 Å². The van der Waals surface area contributed by atoms with Crippen molar-refractivity contribution in [2.75, 3.05) is 12.0 Å². The van der Waals surface area contributed by atoms with E-state index in [0.29, 0.717) is 39.2 Å². The summed E-state index contributed by atoms with van der Waals surface area (Å²) in [7, 11) is -0.254. The Kier molecular flexibility index (Phi) is 9.27. The first-order chi connectivity index (χ1) is 20.9. The van der Waals surface area contributed by atoms with Gasteiger partial charge in [-0.15, -0.1) is 10.2 Å². The number of H-pyrrole nitrogens is 1. The highest BCUT2D eigenvalue weighted by atomic mass is 35.5. The topological polar surface area (TPSA) is 110 Å². The van der Waals surface area contributed by atoms with Crippen molar-refractivity contribution in [2.45, 2.75) is 50.8 Å². The fourth-order valence-electron chi connectivity index (χ4n) is 5.54. The summed E-state index contributed by atoms with van der Waals surface area (Å²) in [6, 6.07) is 16.1. The van der Waals surface area contributed by atoms with Crippen molar-refractivity contribution in [3.8, 4) is 17.1 Å². The predicted octanol–water partition coefficient (Wildman–Crippen LogP) is 7.53. The number of hydrogen-bond donors (Lipinski definition) is 2. The molecule has 230 valence electrons. The molecule has 3 N–H and O–H groups in total. The van der Waals surface area contributed by atoms with Gasteiger partial charge in [0.25, 0.3) is 0 Å². The molecule has 1 aliphatic rings. The molecule has 0 fully saturated rings. The van der Waals surface area contributed by atoms with Crippen molar-refractivity contribution in [2.24, 2.45) is 11.1 Å². The fourth-order valence-corrected chi connectivity index (χ4v) is 6.60. The maximum absolute atomic E-state index is 14.6. The minimum Gasteiger partial charge on any atom is -0.494 e. The molecule has 3 aromatic carbocycles. The maximum atomic E-state index is 14.6. The third-order valence-electron chi connectivity index (χ3n) is 8.23. The molecular weight excluding hydrogens is 622 g/mol. The van der Waals surface area contributed by atoms with Crippen LogP contribution in [0.5, 0.6) is 5.75 Å². The highest BCUT2D eigenvalue weighted by molar-refractivity contribution is 7.82. The Bertz CT molecular complexity index is 1790. The van der Waals surface area contributed by atoms with Crippen LogP contribution in [0.3, 0.4) is 0 Å². The predicted molar refractivity (Wildman–Crippen MR) is 173 cm³/mol. The van der Waals surface area contributed by atoms with Gasteiger partial charge in [-0.3, -0.25) is 0 Å². The monoisotopic (exact) mass is 654 g/mol. The molecular formula is C32H33Cl2FN6O2S. The molecule has 12 heteroatoms. The number of anilines is 1. The summed E-state index contributed by atoms with van der Waals surface area (Å²) in [5.74, 6) is 0.245. The summed E-state index contributed by atoms with van der Waals surface area (Å²) < 4.78 is 32.0. The zero-order chi connectivity index (χ0) is 31.8. The summed E-state index contributed by atoms with van der Waals surface area (Å²) >= 11 is 13.0. The van der Waals surface area contributed by atoms with Gasteiger partial charge in [0.1, 0.15) is 11.0 Å². The van der Waals surface area contributed by atoms with E-state index in [0.717, 1.165) is 28.2 Å². The van der Waals surface area contributed by atoms with E-state index >= 15 is 0 Å². The molecule has 8 nitrogen and oxygen atoms in total. The molecule has 0 spiro atoms. The lowest BCUT2D eigenvalue weighted by molar-refractivity contribution is 0.386. The number of hydrogen-bond acceptors (Lipinski definition) is 6. The molecule has 0 amide bonds. The van der Waals surface area contributed by atoms with Crippen LogP contribution in [0.4, 0.5) is 10.1 Å². The molecule has 1 aliphatic heterocycles. The second-order valence-electron chi connectivity index (χ2n) is 11.2. The van der Waals surface area contributed by atoms with E-state index in [4.69, 9.17) is 33.1 Å². The molecule has 5 rings (SSSR count). The smallest absolute Gasteiger partial charge is 0.206 e. The number of methoxy groups -OCH3 is 1. The second kappa shape index (κ2) is 12.8. The number of allylic oxidation sites excluding steroid dienone is 4. The second-order valence-corrected chi connectivity index (χ2v) is 13.1. The molecule has 0 aliphatic carbocycles. The summed E-state index contributed by atoms with van der Waals surface area (Å²) in [6.45, 7) is 8.51. The normalized spacial score (nSPS) is 16.2. The number of nitrogens with one attached hydrogen (secondary N) is 1. The Hall–Kier alpha value is -3.57. The molecule has 0 saturated carbocycles. The molecule has 0 saturated heterocycles. The van der Waals surface area contributed by atoms with Gasteiger partial charge < -0.3 is 9.64 Å². The van der Waals surface area contributed by atoms with Gasteiger partial charge in [0.15, 0.2) is 11.6 Å². The summed E-state index contributed by atoms with van der Waals surface area (Å²) in [6.07, 6.45) is 3.59. The van der Waals surface area contributed by atoms with E-state index in [2.05, 4.69) is 59.3 Å². The average Bonchev–Trinajstić information content (AvgIpc) is 3.53. The lowest BCUT2D eigenvalue weighted by Crippen LogP contribution is -2.38. The van der Waals surface area contributed by atoms with E-state index in [1.807, 2.05) is 30.3 Å². The lowest BCUT2D eigenvalue weighted by Gasteiger charge is -2.44. The minimum absolute atomic E-state index is 0.115. The number of tetrazole rings is 1. The first-order valence-electron chi connectivity index (χ1n) is 14.0. The van der Waals surface area contributed by atoms with Gasteiger partial charge >= 0.3 is 0 Å². The SMILES string of the molecule is COc1cc(N2C(C(C)(C)c3ccc(S(N)=O)c(Cl)c3)=CC(C)C(C)=C2CCc2ccc(Cl)c(-c3nn[nH]n3)c2)ccc1F. The van der Waals surface area contributed by atoms with Crippen LogP contribution in [-0.4, -0.2) is 31.9 Å². The number of aryl methyl sites for hydroxylation is 1. The van der Waals surface area contributed by atoms with Crippen LogP contribution < -0.4 is 14.8 Å². The summed E-state index contributed by atoms with van der Waals surface area (Å²) in [5.41, 5.74) is 6.10. The summed E-state index contributed by atoms with van der Waals surface area (Å²) in [5, 5.41) is 20.8. The zero-order valence-corrected chi connectivity index (χ0v) is 27.3. The van der Waals surface area contributed by atoms with Crippen LogP contribution in [0.1, 0.15) is 45.2 Å². The van der Waals surface area contributed by atoms with Crippen LogP contribution in [-0.2, 0) is 22.8 Å². The number of nitrogens with two attached hydrogens (primary N) is 1. The molecule has 2 atom stereocenters. The van der Waals surface area contributed by atoms with Gasteiger partial charge in [0, 0.05) is 34.1 Å². The number of benzene rings is 3. The quantitative estimate of drug-likeness (QED) is 0.193. The Labute approximate surface area is 268 Å². The first kappa shape index (κ1) is 31.8. The summed E-state index contributed by atoms with van der Waals surface area (Å²) in [4.78, 5) is 2.56. The van der Waals surface area contributed by atoms with Gasteiger partial charge in [-0.05, 0) is 84.0 Å². The van der Waals surface area contributed by atoms with Crippen LogP contribution in [0, 0.1) is 11.7 Å². The van der Waals surface area contributed by atoms with Crippen molar-refractivity contribution < 1.29 is 13.3 Å². The molecule has 0 radical (unpaired) electrons. The van der Waals surface area contributed by atoms with E-state index in [-0.39, 0.29) is 11.7 Å². The Morgan fingerprint density at radius 1 is 1.09 bits per heavy atom. The van der Waals surface area contributed by atoms with Crippen LogP contribution in [0.25, 0.3) is 11.4 Å². The van der Waals surface area contributed by atoms with Gasteiger partial charge in [-0.1, -0.05) is 62.2 Å². The van der Waals surface area contributed by atoms with Gasteiger partial charge in [0.05, 0.1) is 22.1 Å². The van der Waals surface area contributed by atoms with Gasteiger partial charge in [-0.2, -0.15) is 5.21 Å². The van der Waals surface area contributed by atoms with Crippen molar-refractivity contribution in [1.82, 2.24) is 20.6 Å². The number of nitrogens with zero attached hydrogens (tertiary/aromatic N) is 4. The molecule has 44 heavy (non-hydrogen) atoms. The zero-order valence-electron chi connectivity index (χ0n) is 25.0.